The second-order valence-electron chi connectivity index (χ2n) is 5.90. The summed E-state index contributed by atoms with van der Waals surface area (Å²) in [7, 11) is 0. The number of unbranched alkanes of at least 4 members (excludes halogenated alkanes) is 2. The molecule has 1 heterocycles. The molecule has 1 N–H and O–H groups in total. The van der Waals surface area contributed by atoms with E-state index in [1.165, 1.54) is 24.3 Å². The lowest BCUT2D eigenvalue weighted by molar-refractivity contribution is -0.145. The number of hydrogen-bond donors (Lipinski definition) is 1. The molecule has 0 aliphatic rings. The molecular weight excluding hydrogens is 363 g/mol. The van der Waals surface area contributed by atoms with Crippen molar-refractivity contribution < 1.29 is 32.5 Å². The molecule has 0 unspecified atom stereocenters. The third kappa shape index (κ3) is 6.47. The number of carboxylic acid groups (broad SMARTS) is 1. The summed E-state index contributed by atoms with van der Waals surface area (Å²) in [5, 5.41) is 9.22. The van der Waals surface area contributed by atoms with Crippen molar-refractivity contribution in [2.24, 2.45) is 0 Å². The molecule has 0 bridgehead atoms. The number of carbonyl (C=O) groups is 1. The maximum atomic E-state index is 12.5. The minimum Gasteiger partial charge on any atom is -0.479 e. The van der Waals surface area contributed by atoms with Crippen LogP contribution in [0.1, 0.15) is 38.2 Å². The van der Waals surface area contributed by atoms with Crippen LogP contribution in [0.5, 0.6) is 17.4 Å². The van der Waals surface area contributed by atoms with Gasteiger partial charge in [-0.25, -0.2) is 9.78 Å². The number of aliphatic carboxylic acids is 1. The summed E-state index contributed by atoms with van der Waals surface area (Å²) in [6.07, 6.45) is -1.61. The van der Waals surface area contributed by atoms with E-state index in [2.05, 4.69) is 4.98 Å². The van der Waals surface area contributed by atoms with E-state index in [0.29, 0.717) is 24.1 Å². The van der Waals surface area contributed by atoms with Crippen molar-refractivity contribution >= 4 is 5.97 Å². The first-order chi connectivity index (χ1) is 12.8. The highest BCUT2D eigenvalue weighted by Crippen LogP contribution is 2.30. The molecule has 1 atom stereocenters. The molecule has 146 valence electrons. The summed E-state index contributed by atoms with van der Waals surface area (Å²) in [4.78, 5) is 14.9. The maximum absolute atomic E-state index is 12.5. The molecule has 0 radical (unpaired) electrons. The van der Waals surface area contributed by atoms with Gasteiger partial charge in [0.2, 0.25) is 5.88 Å². The van der Waals surface area contributed by atoms with E-state index >= 15 is 0 Å². The molecule has 0 amide bonds. The fourth-order valence-electron chi connectivity index (χ4n) is 2.29. The van der Waals surface area contributed by atoms with Crippen molar-refractivity contribution in [2.75, 3.05) is 0 Å². The molecule has 0 aliphatic carbocycles. The van der Waals surface area contributed by atoms with Crippen LogP contribution in [0.3, 0.4) is 0 Å². The largest absolute Gasteiger partial charge is 0.479 e. The third-order valence-electron chi connectivity index (χ3n) is 3.73. The van der Waals surface area contributed by atoms with Crippen molar-refractivity contribution in [1.29, 1.82) is 0 Å². The summed E-state index contributed by atoms with van der Waals surface area (Å²) < 4.78 is 48.4. The Labute approximate surface area is 154 Å². The number of pyridine rings is 1. The molecule has 0 spiro atoms. The topological polar surface area (TPSA) is 68.7 Å². The fraction of sp³-hybridized carbons (Fsp3) is 0.368. The van der Waals surface area contributed by atoms with Crippen LogP contribution >= 0.6 is 0 Å². The lowest BCUT2D eigenvalue weighted by Gasteiger charge is -2.15. The summed E-state index contributed by atoms with van der Waals surface area (Å²) in [6.45, 7) is 2.03. The summed E-state index contributed by atoms with van der Waals surface area (Å²) in [5.74, 6) is -0.306. The van der Waals surface area contributed by atoms with Gasteiger partial charge in [0, 0.05) is 12.3 Å². The van der Waals surface area contributed by atoms with Gasteiger partial charge in [0.1, 0.15) is 11.5 Å². The lowest BCUT2D eigenvalue weighted by Crippen LogP contribution is -2.26. The zero-order chi connectivity index (χ0) is 19.9. The minimum absolute atomic E-state index is 0.0136. The first-order valence-corrected chi connectivity index (χ1v) is 8.50. The van der Waals surface area contributed by atoms with Crippen LogP contribution in [0.4, 0.5) is 13.2 Å². The summed E-state index contributed by atoms with van der Waals surface area (Å²) in [6, 6.07) is 8.14. The van der Waals surface area contributed by atoms with Crippen LogP contribution in [-0.2, 0) is 11.0 Å². The Hall–Kier alpha value is -2.77. The van der Waals surface area contributed by atoms with E-state index in [-0.39, 0.29) is 5.88 Å². The Morgan fingerprint density at radius 2 is 1.78 bits per heavy atom. The summed E-state index contributed by atoms with van der Waals surface area (Å²) >= 11 is 0. The van der Waals surface area contributed by atoms with Gasteiger partial charge in [0.15, 0.2) is 6.10 Å². The predicted octanol–water partition coefficient (Wildman–Crippen LogP) is 5.31. The number of rotatable bonds is 9. The molecule has 1 aromatic heterocycles. The quantitative estimate of drug-likeness (QED) is 0.595. The average Bonchev–Trinajstić information content (AvgIpc) is 2.62. The Bertz CT molecular complexity index is 730. The first-order valence-electron chi connectivity index (χ1n) is 8.50. The molecule has 27 heavy (non-hydrogen) atoms. The van der Waals surface area contributed by atoms with Gasteiger partial charge in [-0.05, 0) is 43.2 Å². The van der Waals surface area contributed by atoms with E-state index in [0.717, 1.165) is 31.4 Å². The van der Waals surface area contributed by atoms with Gasteiger partial charge >= 0.3 is 12.1 Å². The molecule has 1 aromatic carbocycles. The second kappa shape index (κ2) is 9.25. The van der Waals surface area contributed by atoms with Gasteiger partial charge < -0.3 is 14.6 Å². The molecular formula is C19H20F3NO4. The maximum Gasteiger partial charge on any atom is 0.417 e. The van der Waals surface area contributed by atoms with Crippen LogP contribution in [0.2, 0.25) is 0 Å². The first kappa shape index (κ1) is 20.5. The number of hydrogen-bond acceptors (Lipinski definition) is 4. The Kier molecular flexibility index (Phi) is 7.04. The van der Waals surface area contributed by atoms with Gasteiger partial charge in [-0.2, -0.15) is 13.2 Å². The molecule has 0 saturated carbocycles. The number of alkyl halides is 3. The predicted molar refractivity (Wildman–Crippen MR) is 91.9 cm³/mol. The van der Waals surface area contributed by atoms with Gasteiger partial charge in [0.25, 0.3) is 0 Å². The van der Waals surface area contributed by atoms with E-state index in [1.54, 1.807) is 0 Å². The average molecular weight is 383 g/mol. The van der Waals surface area contributed by atoms with Gasteiger partial charge in [-0.15, -0.1) is 0 Å². The molecule has 5 nitrogen and oxygen atoms in total. The zero-order valence-electron chi connectivity index (χ0n) is 14.7. The number of benzene rings is 1. The van der Waals surface area contributed by atoms with Crippen molar-refractivity contribution in [3.8, 4) is 17.4 Å². The third-order valence-corrected chi connectivity index (χ3v) is 3.73. The van der Waals surface area contributed by atoms with E-state index in [1.807, 2.05) is 6.92 Å². The smallest absolute Gasteiger partial charge is 0.417 e. The van der Waals surface area contributed by atoms with Crippen molar-refractivity contribution in [1.82, 2.24) is 4.98 Å². The molecule has 0 aliphatic heterocycles. The molecule has 8 heteroatoms. The van der Waals surface area contributed by atoms with Crippen LogP contribution in [0.15, 0.2) is 42.6 Å². The van der Waals surface area contributed by atoms with E-state index in [9.17, 15) is 23.1 Å². The van der Waals surface area contributed by atoms with Gasteiger partial charge in [-0.1, -0.05) is 19.8 Å². The van der Waals surface area contributed by atoms with Crippen molar-refractivity contribution in [2.45, 2.75) is 44.9 Å². The number of aromatic nitrogens is 1. The molecule has 2 rings (SSSR count). The normalized spacial score (nSPS) is 12.4. The Morgan fingerprint density at radius 1 is 1.11 bits per heavy atom. The summed E-state index contributed by atoms with van der Waals surface area (Å²) in [5.41, 5.74) is -0.860. The van der Waals surface area contributed by atoms with Crippen molar-refractivity contribution in [3.05, 3.63) is 48.2 Å². The Morgan fingerprint density at radius 3 is 2.30 bits per heavy atom. The van der Waals surface area contributed by atoms with Crippen LogP contribution in [-0.4, -0.2) is 22.2 Å². The SMILES string of the molecule is CCCCC[C@@H](Oc1ccc(Oc2ccc(C(F)(F)F)cn2)cc1)C(=O)O. The number of halogens is 3. The van der Waals surface area contributed by atoms with Crippen LogP contribution < -0.4 is 9.47 Å². The number of nitrogens with zero attached hydrogens (tertiary/aromatic N) is 1. The lowest BCUT2D eigenvalue weighted by atomic mass is 10.1. The molecule has 0 fully saturated rings. The van der Waals surface area contributed by atoms with Gasteiger partial charge in [-0.3, -0.25) is 0 Å². The molecule has 0 saturated heterocycles. The highest BCUT2D eigenvalue weighted by molar-refractivity contribution is 5.72. The molecule has 2 aromatic rings. The zero-order valence-corrected chi connectivity index (χ0v) is 14.7. The van der Waals surface area contributed by atoms with Crippen LogP contribution in [0.25, 0.3) is 0 Å². The van der Waals surface area contributed by atoms with Crippen molar-refractivity contribution in [3.63, 3.8) is 0 Å². The second-order valence-corrected chi connectivity index (χ2v) is 5.90. The van der Waals surface area contributed by atoms with E-state index < -0.39 is 23.8 Å². The van der Waals surface area contributed by atoms with E-state index in [4.69, 9.17) is 9.47 Å². The fourth-order valence-corrected chi connectivity index (χ4v) is 2.29. The minimum atomic E-state index is -4.46. The number of ether oxygens (including phenoxy) is 2. The standard InChI is InChI=1S/C19H20F3NO4/c1-2-3-4-5-16(18(24)25)26-14-7-9-15(10-8-14)27-17-11-6-13(12-23-17)19(20,21)22/h6-12,16H,2-5H2,1H3,(H,24,25)/t16-/m1/s1. The highest BCUT2D eigenvalue weighted by atomic mass is 19.4. The van der Waals surface area contributed by atoms with Gasteiger partial charge in [0.05, 0.1) is 5.56 Å². The monoisotopic (exact) mass is 383 g/mol. The highest BCUT2D eigenvalue weighted by Gasteiger charge is 2.30. The van der Waals surface area contributed by atoms with Crippen LogP contribution in [0, 0.1) is 0 Å². The Balaban J connectivity index is 1.97. The number of carboxylic acids is 1.